The van der Waals surface area contributed by atoms with E-state index < -0.39 is 23.9 Å². The van der Waals surface area contributed by atoms with E-state index in [9.17, 15) is 39.6 Å². The van der Waals surface area contributed by atoms with E-state index in [1.54, 1.807) is 111 Å². The van der Waals surface area contributed by atoms with Gasteiger partial charge in [0.05, 0.1) is 23.9 Å². The van der Waals surface area contributed by atoms with Gasteiger partial charge in [-0.25, -0.2) is 0 Å². The van der Waals surface area contributed by atoms with Crippen molar-refractivity contribution in [3.63, 3.8) is 0 Å². The van der Waals surface area contributed by atoms with Crippen molar-refractivity contribution in [1.29, 1.82) is 0 Å². The number of aromatic carboxylic acids is 4. The Balaban J connectivity index is 0.000000157. The predicted octanol–water partition coefficient (Wildman–Crippen LogP) is 3.03. The molecule has 4 bridgehead atoms. The minimum atomic E-state index is -1.13. The molecule has 0 amide bonds. The van der Waals surface area contributed by atoms with Gasteiger partial charge in [-0.3, -0.25) is 0 Å². The Morgan fingerprint density at radius 2 is 0.478 bits per heavy atom. The highest BCUT2D eigenvalue weighted by Crippen LogP contribution is 2.53. The van der Waals surface area contributed by atoms with E-state index in [0.717, 1.165) is 0 Å². The molecule has 4 aliphatic carbocycles. The molecule has 4 aromatic carbocycles. The highest BCUT2D eigenvalue weighted by atomic mass is 16.4. The fourth-order valence-corrected chi connectivity index (χ4v) is 6.28. The number of hydrogen-bond donors (Lipinski definition) is 0. The van der Waals surface area contributed by atoms with Crippen LogP contribution in [0.3, 0.4) is 0 Å². The molecular formula is C38H36O8-4. The maximum atomic E-state index is 10.1. The summed E-state index contributed by atoms with van der Waals surface area (Å²) in [5.41, 5.74) is 0.880. The Kier molecular flexibility index (Phi) is 14.2. The Hall–Kier alpha value is -5.24. The zero-order valence-corrected chi connectivity index (χ0v) is 25.4. The number of carbonyl (C=O) groups is 4. The molecule has 0 atom stereocenters. The van der Waals surface area contributed by atoms with Crippen LogP contribution in [0, 0.1) is 23.7 Å². The van der Waals surface area contributed by atoms with Crippen LogP contribution in [0.2, 0.25) is 0 Å². The lowest BCUT2D eigenvalue weighted by Crippen LogP contribution is -2.38. The summed E-state index contributed by atoms with van der Waals surface area (Å²) in [6.45, 7) is 0. The molecule has 0 heterocycles. The third kappa shape index (κ3) is 12.4. The van der Waals surface area contributed by atoms with Gasteiger partial charge in [0.25, 0.3) is 0 Å². The molecular weight excluding hydrogens is 584 g/mol. The van der Waals surface area contributed by atoms with E-state index in [1.807, 2.05) is 0 Å². The van der Waals surface area contributed by atoms with Crippen molar-refractivity contribution < 1.29 is 39.6 Å². The van der Waals surface area contributed by atoms with Gasteiger partial charge < -0.3 is 39.6 Å². The lowest BCUT2D eigenvalue weighted by Gasteiger charge is -2.49. The monoisotopic (exact) mass is 620 g/mol. The Morgan fingerprint density at radius 1 is 0.326 bits per heavy atom. The van der Waals surface area contributed by atoms with Crippen LogP contribution in [-0.2, 0) is 0 Å². The normalized spacial score (nSPS) is 19.5. The number of carboxylic acids is 4. The quantitative estimate of drug-likeness (QED) is 0.336. The molecule has 0 aromatic heterocycles. The molecule has 0 saturated heterocycles. The van der Waals surface area contributed by atoms with Gasteiger partial charge in [-0.15, -0.1) is 0 Å². The minimum Gasteiger partial charge on any atom is -0.545 e. The van der Waals surface area contributed by atoms with E-state index in [1.165, 1.54) is 72.2 Å². The molecule has 0 spiro atoms. The van der Waals surface area contributed by atoms with Gasteiger partial charge in [-0.1, -0.05) is 121 Å². The predicted molar refractivity (Wildman–Crippen MR) is 165 cm³/mol. The van der Waals surface area contributed by atoms with Crippen LogP contribution in [-0.4, -0.2) is 23.9 Å². The molecule has 0 unspecified atom stereocenters. The lowest BCUT2D eigenvalue weighted by molar-refractivity contribution is -0.256. The largest absolute Gasteiger partial charge is 0.545 e. The summed E-state index contributed by atoms with van der Waals surface area (Å²) in [6.07, 6.45) is 9.62. The Labute approximate surface area is 269 Å². The van der Waals surface area contributed by atoms with Crippen molar-refractivity contribution >= 4 is 23.9 Å². The van der Waals surface area contributed by atoms with Crippen molar-refractivity contribution in [1.82, 2.24) is 0 Å². The molecule has 4 saturated carbocycles. The number of rotatable bonds is 4. The maximum Gasteiger partial charge on any atom is 0.0715 e. The molecule has 4 aliphatic rings. The van der Waals surface area contributed by atoms with Crippen LogP contribution in [0.5, 0.6) is 0 Å². The number of carbonyl (C=O) groups excluding carboxylic acids is 4. The van der Waals surface area contributed by atoms with Gasteiger partial charge in [-0.05, 0) is 84.5 Å². The zero-order valence-electron chi connectivity index (χ0n) is 25.4. The summed E-state index contributed by atoms with van der Waals surface area (Å²) in [5, 5.41) is 40.4. The van der Waals surface area contributed by atoms with Crippen LogP contribution < -0.4 is 20.4 Å². The van der Waals surface area contributed by atoms with Gasteiger partial charge in [-0.2, -0.15) is 0 Å². The molecule has 8 heteroatoms. The maximum absolute atomic E-state index is 10.1. The summed E-state index contributed by atoms with van der Waals surface area (Å²) >= 11 is 0. The molecule has 8 nitrogen and oxygen atoms in total. The Bertz CT molecular complexity index is 1250. The third-order valence-corrected chi connectivity index (χ3v) is 8.04. The highest BCUT2D eigenvalue weighted by Gasteiger charge is 2.41. The second-order valence-electron chi connectivity index (χ2n) is 11.5. The molecule has 0 aliphatic heterocycles. The van der Waals surface area contributed by atoms with Crippen LogP contribution >= 0.6 is 0 Å². The van der Waals surface area contributed by atoms with Gasteiger partial charge in [0.15, 0.2) is 0 Å². The number of carboxylic acid groups (broad SMARTS) is 4. The molecule has 4 aromatic rings. The average molecular weight is 621 g/mol. The van der Waals surface area contributed by atoms with Crippen LogP contribution in [0.15, 0.2) is 121 Å². The topological polar surface area (TPSA) is 161 Å². The SMILES string of the molecule is C1C2CC3CC1CC(C2)C3.O=C([O-])c1ccccc1.O=C([O-])c1ccccc1.O=C([O-])c1ccccc1.O=C([O-])c1ccccc1. The fraction of sp³-hybridized carbons (Fsp3) is 0.263. The van der Waals surface area contributed by atoms with Gasteiger partial charge >= 0.3 is 0 Å². The number of benzene rings is 4. The van der Waals surface area contributed by atoms with Gasteiger partial charge in [0, 0.05) is 0 Å². The first kappa shape index (κ1) is 35.2. The fourth-order valence-electron chi connectivity index (χ4n) is 6.28. The van der Waals surface area contributed by atoms with Gasteiger partial charge in [0.2, 0.25) is 0 Å². The van der Waals surface area contributed by atoms with Crippen molar-refractivity contribution in [2.45, 2.75) is 38.5 Å². The lowest BCUT2D eigenvalue weighted by atomic mass is 9.56. The van der Waals surface area contributed by atoms with E-state index >= 15 is 0 Å². The third-order valence-electron chi connectivity index (χ3n) is 8.04. The zero-order chi connectivity index (χ0) is 33.3. The second kappa shape index (κ2) is 18.5. The second-order valence-corrected chi connectivity index (χ2v) is 11.5. The standard InChI is InChI=1S/C10H16.4C7H6O2/c1-7-2-9-4-8(1)5-10(3-7)6-9;4*8-7(9)6-4-2-1-3-5-6/h7-10H,1-6H2;4*1-5H,(H,8,9)/p-4. The summed E-state index contributed by atoms with van der Waals surface area (Å²) in [6, 6.07) is 32.3. The van der Waals surface area contributed by atoms with Crippen LogP contribution in [0.4, 0.5) is 0 Å². The van der Waals surface area contributed by atoms with E-state index in [2.05, 4.69) is 0 Å². The first-order valence-electron chi connectivity index (χ1n) is 15.2. The molecule has 8 rings (SSSR count). The molecule has 4 fully saturated rings. The Morgan fingerprint density at radius 3 is 0.587 bits per heavy atom. The molecule has 0 radical (unpaired) electrons. The summed E-state index contributed by atoms with van der Waals surface area (Å²) in [7, 11) is 0. The van der Waals surface area contributed by atoms with Crippen molar-refractivity contribution in [3.8, 4) is 0 Å². The van der Waals surface area contributed by atoms with Crippen molar-refractivity contribution in [3.05, 3.63) is 144 Å². The molecule has 0 N–H and O–H groups in total. The number of hydrogen-bond acceptors (Lipinski definition) is 8. The highest BCUT2D eigenvalue weighted by molar-refractivity contribution is 5.86. The minimum absolute atomic E-state index is 0.220. The van der Waals surface area contributed by atoms with Crippen molar-refractivity contribution in [2.24, 2.45) is 23.7 Å². The van der Waals surface area contributed by atoms with Crippen LogP contribution in [0.1, 0.15) is 80.0 Å². The van der Waals surface area contributed by atoms with E-state index in [-0.39, 0.29) is 22.3 Å². The molecule has 240 valence electrons. The first-order chi connectivity index (χ1) is 22.1. The first-order valence-corrected chi connectivity index (χ1v) is 15.2. The van der Waals surface area contributed by atoms with E-state index in [0.29, 0.717) is 0 Å². The smallest absolute Gasteiger partial charge is 0.0715 e. The molecule has 46 heavy (non-hydrogen) atoms. The van der Waals surface area contributed by atoms with Crippen LogP contribution in [0.25, 0.3) is 0 Å². The average Bonchev–Trinajstić information content (AvgIpc) is 3.07. The van der Waals surface area contributed by atoms with Crippen molar-refractivity contribution in [2.75, 3.05) is 0 Å². The summed E-state index contributed by atoms with van der Waals surface area (Å²) < 4.78 is 0. The van der Waals surface area contributed by atoms with E-state index in [4.69, 9.17) is 0 Å². The summed E-state index contributed by atoms with van der Waals surface area (Å²) in [4.78, 5) is 40.4. The van der Waals surface area contributed by atoms with Gasteiger partial charge in [0.1, 0.15) is 0 Å². The summed E-state index contributed by atoms with van der Waals surface area (Å²) in [5.74, 6) is 0.192.